The van der Waals surface area contributed by atoms with E-state index in [0.29, 0.717) is 0 Å². The third kappa shape index (κ3) is 2.28. The molecular weight excluding hydrogens is 279 g/mol. The fourth-order valence-corrected chi connectivity index (χ4v) is 1.46. The van der Waals surface area contributed by atoms with Gasteiger partial charge in [-0.2, -0.15) is 4.39 Å². The monoisotopic (exact) mass is 283 g/mol. The highest BCUT2D eigenvalue weighted by Gasteiger charge is 2.26. The van der Waals surface area contributed by atoms with E-state index in [0.717, 1.165) is 13.3 Å². The van der Waals surface area contributed by atoms with E-state index >= 15 is 0 Å². The minimum atomic E-state index is -2.99. The van der Waals surface area contributed by atoms with Crippen molar-refractivity contribution < 1.29 is 22.7 Å². The number of alkyl halides is 2. The molecule has 0 N–H and O–H groups in total. The number of hydrogen-bond acceptors (Lipinski definition) is 3. The fourth-order valence-electron chi connectivity index (χ4n) is 0.988. The van der Waals surface area contributed by atoms with Crippen LogP contribution in [-0.4, -0.2) is 18.1 Å². The van der Waals surface area contributed by atoms with E-state index in [1.165, 1.54) is 0 Å². The van der Waals surface area contributed by atoms with Crippen LogP contribution in [-0.2, 0) is 4.74 Å². The van der Waals surface area contributed by atoms with Gasteiger partial charge in [-0.05, 0) is 15.9 Å². The largest absolute Gasteiger partial charge is 0.465 e. The maximum absolute atomic E-state index is 13.1. The summed E-state index contributed by atoms with van der Waals surface area (Å²) in [6.07, 6.45) is -2.13. The SMILES string of the molecule is COC(=O)c1c(F)ncc(Br)c1C(F)F. The Morgan fingerprint density at radius 2 is 2.20 bits per heavy atom. The van der Waals surface area contributed by atoms with Crippen LogP contribution in [0.25, 0.3) is 0 Å². The summed E-state index contributed by atoms with van der Waals surface area (Å²) >= 11 is 2.76. The number of pyridine rings is 1. The molecule has 0 amide bonds. The van der Waals surface area contributed by atoms with Crippen LogP contribution in [0.15, 0.2) is 10.7 Å². The van der Waals surface area contributed by atoms with Crippen molar-refractivity contribution in [1.29, 1.82) is 0 Å². The van der Waals surface area contributed by atoms with Crippen molar-refractivity contribution in [2.75, 3.05) is 7.11 Å². The third-order valence-electron chi connectivity index (χ3n) is 1.63. The lowest BCUT2D eigenvalue weighted by molar-refractivity contribution is 0.0581. The zero-order chi connectivity index (χ0) is 11.6. The van der Waals surface area contributed by atoms with Gasteiger partial charge in [-0.15, -0.1) is 0 Å². The average Bonchev–Trinajstić information content (AvgIpc) is 2.19. The zero-order valence-corrected chi connectivity index (χ0v) is 9.02. The van der Waals surface area contributed by atoms with Crippen LogP contribution < -0.4 is 0 Å². The number of rotatable bonds is 2. The predicted octanol–water partition coefficient (Wildman–Crippen LogP) is 2.71. The van der Waals surface area contributed by atoms with Crippen molar-refractivity contribution in [2.24, 2.45) is 0 Å². The molecule has 0 aliphatic heterocycles. The molecule has 0 saturated heterocycles. The first-order valence-corrected chi connectivity index (χ1v) is 4.48. The minimum absolute atomic E-state index is 0.140. The summed E-state index contributed by atoms with van der Waals surface area (Å²) in [4.78, 5) is 14.2. The number of hydrogen-bond donors (Lipinski definition) is 0. The smallest absolute Gasteiger partial charge is 0.343 e. The number of carbonyl (C=O) groups excluding carboxylic acids is 1. The molecule has 0 spiro atoms. The Morgan fingerprint density at radius 1 is 1.60 bits per heavy atom. The summed E-state index contributed by atoms with van der Waals surface area (Å²) in [6.45, 7) is 0. The maximum Gasteiger partial charge on any atom is 0.343 e. The summed E-state index contributed by atoms with van der Waals surface area (Å²) in [5.41, 5.74) is -1.60. The molecule has 0 aliphatic carbocycles. The van der Waals surface area contributed by atoms with Crippen molar-refractivity contribution in [3.05, 3.63) is 27.7 Å². The third-order valence-corrected chi connectivity index (χ3v) is 2.26. The van der Waals surface area contributed by atoms with Crippen molar-refractivity contribution >= 4 is 21.9 Å². The predicted molar refractivity (Wildman–Crippen MR) is 48.2 cm³/mol. The molecule has 0 atom stereocenters. The number of nitrogens with zero attached hydrogens (tertiary/aromatic N) is 1. The van der Waals surface area contributed by atoms with Gasteiger partial charge in [0.05, 0.1) is 12.7 Å². The molecule has 1 aromatic heterocycles. The summed E-state index contributed by atoms with van der Waals surface area (Å²) in [5, 5.41) is 0. The lowest BCUT2D eigenvalue weighted by Crippen LogP contribution is -2.11. The molecule has 0 fully saturated rings. The number of aromatic nitrogens is 1. The van der Waals surface area contributed by atoms with Crippen molar-refractivity contribution in [1.82, 2.24) is 4.98 Å². The van der Waals surface area contributed by atoms with Crippen LogP contribution in [0.2, 0.25) is 0 Å². The van der Waals surface area contributed by atoms with Crippen LogP contribution >= 0.6 is 15.9 Å². The summed E-state index contributed by atoms with van der Waals surface area (Å²) in [6, 6.07) is 0. The Kier molecular flexibility index (Phi) is 3.67. The van der Waals surface area contributed by atoms with Crippen LogP contribution in [0, 0.1) is 5.95 Å². The number of halogens is 4. The normalized spacial score (nSPS) is 10.5. The van der Waals surface area contributed by atoms with Crippen LogP contribution in [0.5, 0.6) is 0 Å². The molecule has 0 aromatic carbocycles. The number of ether oxygens (including phenoxy) is 1. The highest BCUT2D eigenvalue weighted by molar-refractivity contribution is 9.10. The Bertz CT molecular complexity index is 398. The number of methoxy groups -OCH3 is 1. The second kappa shape index (κ2) is 4.61. The summed E-state index contributed by atoms with van der Waals surface area (Å²) < 4.78 is 42.2. The Labute approximate surface area is 91.4 Å². The standard InChI is InChI=1S/C8H5BrF3NO2/c1-15-8(14)5-4(6(10)11)3(9)2-13-7(5)12/h2,6H,1H3. The first-order valence-electron chi connectivity index (χ1n) is 3.69. The number of esters is 1. The van der Waals surface area contributed by atoms with Gasteiger partial charge < -0.3 is 4.74 Å². The molecule has 1 heterocycles. The van der Waals surface area contributed by atoms with Gasteiger partial charge in [0.1, 0.15) is 5.56 Å². The van der Waals surface area contributed by atoms with E-state index in [1.807, 2.05) is 0 Å². The van der Waals surface area contributed by atoms with Gasteiger partial charge >= 0.3 is 5.97 Å². The molecule has 1 aromatic rings. The molecule has 7 heteroatoms. The van der Waals surface area contributed by atoms with Crippen molar-refractivity contribution in [3.8, 4) is 0 Å². The second-order valence-corrected chi connectivity index (χ2v) is 3.33. The second-order valence-electron chi connectivity index (χ2n) is 2.48. The van der Waals surface area contributed by atoms with Gasteiger partial charge in [-0.3, -0.25) is 0 Å². The number of carbonyl (C=O) groups is 1. The quantitative estimate of drug-likeness (QED) is 0.619. The van der Waals surface area contributed by atoms with Gasteiger partial charge in [-0.1, -0.05) is 0 Å². The lowest BCUT2D eigenvalue weighted by atomic mass is 10.1. The van der Waals surface area contributed by atoms with Gasteiger partial charge in [0, 0.05) is 10.7 Å². The highest BCUT2D eigenvalue weighted by Crippen LogP contribution is 2.31. The molecule has 15 heavy (non-hydrogen) atoms. The fraction of sp³-hybridized carbons (Fsp3) is 0.250. The molecule has 0 aliphatic rings. The van der Waals surface area contributed by atoms with Crippen molar-refractivity contribution in [3.63, 3.8) is 0 Å². The minimum Gasteiger partial charge on any atom is -0.465 e. The van der Waals surface area contributed by atoms with E-state index in [9.17, 15) is 18.0 Å². The van der Waals surface area contributed by atoms with Crippen molar-refractivity contribution in [2.45, 2.75) is 6.43 Å². The van der Waals surface area contributed by atoms with Crippen LogP contribution in [0.4, 0.5) is 13.2 Å². The maximum atomic E-state index is 13.1. The lowest BCUT2D eigenvalue weighted by Gasteiger charge is -2.08. The molecule has 82 valence electrons. The van der Waals surface area contributed by atoms with Crippen LogP contribution in [0.3, 0.4) is 0 Å². The van der Waals surface area contributed by atoms with E-state index < -0.39 is 29.5 Å². The molecule has 1 rings (SSSR count). The zero-order valence-electron chi connectivity index (χ0n) is 7.43. The van der Waals surface area contributed by atoms with Gasteiger partial charge in [0.25, 0.3) is 6.43 Å². The Hall–Kier alpha value is -1.11. The Morgan fingerprint density at radius 3 is 2.67 bits per heavy atom. The van der Waals surface area contributed by atoms with Gasteiger partial charge in [0.2, 0.25) is 5.95 Å². The van der Waals surface area contributed by atoms with E-state index in [4.69, 9.17) is 0 Å². The first-order chi connectivity index (χ1) is 6.99. The van der Waals surface area contributed by atoms with E-state index in [2.05, 4.69) is 25.7 Å². The van der Waals surface area contributed by atoms with E-state index in [1.54, 1.807) is 0 Å². The summed E-state index contributed by atoms with van der Waals surface area (Å²) in [5.74, 6) is -2.46. The first kappa shape index (κ1) is 12.0. The van der Waals surface area contributed by atoms with E-state index in [-0.39, 0.29) is 4.47 Å². The molecule has 0 unspecified atom stereocenters. The average molecular weight is 284 g/mol. The molecule has 0 radical (unpaired) electrons. The molecule has 3 nitrogen and oxygen atoms in total. The highest BCUT2D eigenvalue weighted by atomic mass is 79.9. The molecular formula is C8H5BrF3NO2. The van der Waals surface area contributed by atoms with Gasteiger partial charge in [0.15, 0.2) is 0 Å². The molecule has 0 saturated carbocycles. The molecule has 0 bridgehead atoms. The van der Waals surface area contributed by atoms with Gasteiger partial charge in [-0.25, -0.2) is 18.6 Å². The summed E-state index contributed by atoms with van der Waals surface area (Å²) in [7, 11) is 0.970. The van der Waals surface area contributed by atoms with Crippen LogP contribution in [0.1, 0.15) is 22.3 Å². The Balaban J connectivity index is 3.45. The topological polar surface area (TPSA) is 39.2 Å².